The first-order chi connectivity index (χ1) is 16.0. The minimum atomic E-state index is -0.557. The van der Waals surface area contributed by atoms with Crippen LogP contribution in [0.1, 0.15) is 52.8 Å². The molecule has 1 aliphatic carbocycles. The van der Waals surface area contributed by atoms with E-state index in [2.05, 4.69) is 16.2 Å². The van der Waals surface area contributed by atoms with Gasteiger partial charge in [0.15, 0.2) is 11.5 Å². The molecule has 2 aromatic rings. The third kappa shape index (κ3) is 5.94. The molecule has 9 nitrogen and oxygen atoms in total. The molecule has 0 spiro atoms. The van der Waals surface area contributed by atoms with Crippen LogP contribution in [-0.2, 0) is 4.79 Å². The number of hydrogen-bond donors (Lipinski definition) is 3. The van der Waals surface area contributed by atoms with E-state index < -0.39 is 11.8 Å². The first-order valence-corrected chi connectivity index (χ1v) is 10.8. The monoisotopic (exact) mass is 455 g/mol. The maximum atomic E-state index is 12.5. The fourth-order valence-electron chi connectivity index (χ4n) is 3.78. The quantitative estimate of drug-likeness (QED) is 0.552. The van der Waals surface area contributed by atoms with Crippen LogP contribution < -0.4 is 30.4 Å². The van der Waals surface area contributed by atoms with E-state index in [1.165, 1.54) is 39.9 Å². The lowest BCUT2D eigenvalue weighted by Crippen LogP contribution is -2.41. The number of methoxy groups -OCH3 is 3. The molecule has 1 saturated carbocycles. The molecule has 0 heterocycles. The summed E-state index contributed by atoms with van der Waals surface area (Å²) in [6.45, 7) is 0. The highest BCUT2D eigenvalue weighted by molar-refractivity contribution is 6.00. The largest absolute Gasteiger partial charge is 0.493 e. The van der Waals surface area contributed by atoms with Gasteiger partial charge in [-0.15, -0.1) is 0 Å². The standard InChI is InChI=1S/C24H29N3O6/c1-31-19-13-17(14-20(32-2)21(19)33-3)24(30)27-26-23(29)16-9-11-18(12-10-16)25-22(28)15-7-5-4-6-8-15/h9-15H,4-8H2,1-3H3,(H,25,28)(H,26,29)(H,27,30). The van der Waals surface area contributed by atoms with Crippen molar-refractivity contribution < 1.29 is 28.6 Å². The Morgan fingerprint density at radius 2 is 1.30 bits per heavy atom. The SMILES string of the molecule is COc1cc(C(=O)NNC(=O)c2ccc(NC(=O)C3CCCCC3)cc2)cc(OC)c1OC. The summed E-state index contributed by atoms with van der Waals surface area (Å²) in [7, 11) is 4.36. The third-order valence-electron chi connectivity index (χ3n) is 5.61. The summed E-state index contributed by atoms with van der Waals surface area (Å²) in [6, 6.07) is 9.45. The van der Waals surface area contributed by atoms with Crippen LogP contribution in [0, 0.1) is 5.92 Å². The predicted octanol–water partition coefficient (Wildman–Crippen LogP) is 3.31. The van der Waals surface area contributed by atoms with E-state index in [1.807, 2.05) is 0 Å². The lowest BCUT2D eigenvalue weighted by molar-refractivity contribution is -0.120. The van der Waals surface area contributed by atoms with Crippen molar-refractivity contribution in [2.45, 2.75) is 32.1 Å². The molecule has 0 saturated heterocycles. The first-order valence-electron chi connectivity index (χ1n) is 10.8. The van der Waals surface area contributed by atoms with Crippen molar-refractivity contribution in [3.05, 3.63) is 47.5 Å². The Balaban J connectivity index is 1.58. The van der Waals surface area contributed by atoms with Gasteiger partial charge in [-0.05, 0) is 49.2 Å². The van der Waals surface area contributed by atoms with Gasteiger partial charge in [0.25, 0.3) is 11.8 Å². The summed E-state index contributed by atoms with van der Waals surface area (Å²) in [6.07, 6.45) is 5.18. The molecular weight excluding hydrogens is 426 g/mol. The maximum absolute atomic E-state index is 12.5. The van der Waals surface area contributed by atoms with E-state index in [0.717, 1.165) is 25.7 Å². The number of hydrazine groups is 1. The van der Waals surface area contributed by atoms with Crippen LogP contribution in [0.15, 0.2) is 36.4 Å². The number of amides is 3. The molecule has 1 fully saturated rings. The van der Waals surface area contributed by atoms with Gasteiger partial charge in [-0.1, -0.05) is 19.3 Å². The van der Waals surface area contributed by atoms with Gasteiger partial charge in [-0.3, -0.25) is 25.2 Å². The van der Waals surface area contributed by atoms with Crippen LogP contribution in [0.25, 0.3) is 0 Å². The van der Waals surface area contributed by atoms with Crippen molar-refractivity contribution in [2.75, 3.05) is 26.6 Å². The van der Waals surface area contributed by atoms with Crippen LogP contribution in [0.2, 0.25) is 0 Å². The van der Waals surface area contributed by atoms with E-state index in [-0.39, 0.29) is 17.4 Å². The van der Waals surface area contributed by atoms with E-state index >= 15 is 0 Å². The second-order valence-corrected chi connectivity index (χ2v) is 7.72. The third-order valence-corrected chi connectivity index (χ3v) is 5.61. The average Bonchev–Trinajstić information content (AvgIpc) is 2.86. The fraction of sp³-hybridized carbons (Fsp3) is 0.375. The zero-order valence-electron chi connectivity index (χ0n) is 19.0. The number of benzene rings is 2. The molecule has 9 heteroatoms. The summed E-state index contributed by atoms with van der Waals surface area (Å²) in [5.74, 6) is 0.00574. The van der Waals surface area contributed by atoms with Gasteiger partial charge in [0.1, 0.15) is 0 Å². The highest BCUT2D eigenvalue weighted by Crippen LogP contribution is 2.38. The van der Waals surface area contributed by atoms with Gasteiger partial charge in [0, 0.05) is 22.7 Å². The Morgan fingerprint density at radius 3 is 1.82 bits per heavy atom. The Hall–Kier alpha value is -3.75. The zero-order chi connectivity index (χ0) is 23.8. The molecule has 2 aromatic carbocycles. The number of anilines is 1. The van der Waals surface area contributed by atoms with Crippen molar-refractivity contribution in [3.63, 3.8) is 0 Å². The van der Waals surface area contributed by atoms with E-state index in [1.54, 1.807) is 24.3 Å². The van der Waals surface area contributed by atoms with Crippen molar-refractivity contribution in [3.8, 4) is 17.2 Å². The lowest BCUT2D eigenvalue weighted by Gasteiger charge is -2.20. The molecule has 1 aliphatic rings. The molecule has 0 atom stereocenters. The normalized spacial score (nSPS) is 13.5. The van der Waals surface area contributed by atoms with Gasteiger partial charge in [0.2, 0.25) is 11.7 Å². The van der Waals surface area contributed by atoms with Crippen molar-refractivity contribution >= 4 is 23.4 Å². The molecule has 176 valence electrons. The minimum absolute atomic E-state index is 0.0181. The summed E-state index contributed by atoms with van der Waals surface area (Å²) in [5.41, 5.74) is 5.91. The highest BCUT2D eigenvalue weighted by atomic mass is 16.5. The van der Waals surface area contributed by atoms with Gasteiger partial charge in [-0.2, -0.15) is 0 Å². The Morgan fingerprint density at radius 1 is 0.758 bits per heavy atom. The van der Waals surface area contributed by atoms with Crippen LogP contribution >= 0.6 is 0 Å². The van der Waals surface area contributed by atoms with Crippen LogP contribution in [0.3, 0.4) is 0 Å². The molecule has 0 aliphatic heterocycles. The molecule has 0 aromatic heterocycles. The van der Waals surface area contributed by atoms with Crippen LogP contribution in [-0.4, -0.2) is 39.1 Å². The molecule has 3 N–H and O–H groups in total. The second kappa shape index (κ2) is 11.2. The highest BCUT2D eigenvalue weighted by Gasteiger charge is 2.21. The van der Waals surface area contributed by atoms with Crippen LogP contribution in [0.4, 0.5) is 5.69 Å². The fourth-order valence-corrected chi connectivity index (χ4v) is 3.78. The second-order valence-electron chi connectivity index (χ2n) is 7.72. The Labute approximate surface area is 192 Å². The molecule has 3 amide bonds. The molecule has 0 bridgehead atoms. The van der Waals surface area contributed by atoms with Crippen molar-refractivity contribution in [2.24, 2.45) is 5.92 Å². The summed E-state index contributed by atoms with van der Waals surface area (Å²) in [4.78, 5) is 37.3. The smallest absolute Gasteiger partial charge is 0.269 e. The van der Waals surface area contributed by atoms with Crippen molar-refractivity contribution in [1.29, 1.82) is 0 Å². The Kier molecular flexibility index (Phi) is 8.12. The zero-order valence-corrected chi connectivity index (χ0v) is 19.0. The van der Waals surface area contributed by atoms with Gasteiger partial charge in [-0.25, -0.2) is 0 Å². The number of carbonyl (C=O) groups is 3. The van der Waals surface area contributed by atoms with E-state index in [4.69, 9.17) is 14.2 Å². The van der Waals surface area contributed by atoms with E-state index in [0.29, 0.717) is 28.5 Å². The number of rotatable bonds is 7. The molecule has 33 heavy (non-hydrogen) atoms. The van der Waals surface area contributed by atoms with E-state index in [9.17, 15) is 14.4 Å². The molecule has 3 rings (SSSR count). The first kappa shape index (κ1) is 23.9. The summed E-state index contributed by atoms with van der Waals surface area (Å²) >= 11 is 0. The average molecular weight is 456 g/mol. The molecular formula is C24H29N3O6. The maximum Gasteiger partial charge on any atom is 0.269 e. The van der Waals surface area contributed by atoms with Crippen molar-refractivity contribution in [1.82, 2.24) is 10.9 Å². The topological polar surface area (TPSA) is 115 Å². The summed E-state index contributed by atoms with van der Waals surface area (Å²) < 4.78 is 15.7. The lowest BCUT2D eigenvalue weighted by atomic mass is 9.88. The number of carbonyl (C=O) groups excluding carboxylic acids is 3. The minimum Gasteiger partial charge on any atom is -0.493 e. The molecule has 0 unspecified atom stereocenters. The Bertz CT molecular complexity index is 975. The predicted molar refractivity (Wildman–Crippen MR) is 123 cm³/mol. The molecule has 0 radical (unpaired) electrons. The van der Waals surface area contributed by atoms with Gasteiger partial charge in [0.05, 0.1) is 21.3 Å². The number of ether oxygens (including phenoxy) is 3. The number of hydrogen-bond acceptors (Lipinski definition) is 6. The number of nitrogens with one attached hydrogen (secondary N) is 3. The summed E-state index contributed by atoms with van der Waals surface area (Å²) in [5, 5.41) is 2.91. The van der Waals surface area contributed by atoms with Gasteiger partial charge >= 0.3 is 0 Å². The van der Waals surface area contributed by atoms with Crippen LogP contribution in [0.5, 0.6) is 17.2 Å². The van der Waals surface area contributed by atoms with Gasteiger partial charge < -0.3 is 19.5 Å².